The second-order valence-electron chi connectivity index (χ2n) is 4.85. The van der Waals surface area contributed by atoms with Crippen molar-refractivity contribution in [2.45, 2.75) is 20.4 Å². The molecule has 20 heavy (non-hydrogen) atoms. The average Bonchev–Trinajstić information content (AvgIpc) is 2.83. The van der Waals surface area contributed by atoms with Crippen molar-refractivity contribution in [3.63, 3.8) is 0 Å². The zero-order valence-electron chi connectivity index (χ0n) is 12.2. The number of nitrogens with one attached hydrogen (secondary N) is 2. The maximum Gasteiger partial charge on any atom is 0.251 e. The van der Waals surface area contributed by atoms with E-state index in [2.05, 4.69) is 21.3 Å². The number of hydrogen-bond acceptors (Lipinski definition) is 2. The van der Waals surface area contributed by atoms with Crippen LogP contribution in [0.5, 0.6) is 0 Å². The van der Waals surface area contributed by atoms with E-state index in [9.17, 15) is 4.79 Å². The van der Waals surface area contributed by atoms with E-state index >= 15 is 0 Å². The molecule has 0 aliphatic carbocycles. The van der Waals surface area contributed by atoms with E-state index in [0.29, 0.717) is 12.1 Å². The summed E-state index contributed by atoms with van der Waals surface area (Å²) in [6.07, 6.45) is 2.02. The molecule has 0 fully saturated rings. The smallest absolute Gasteiger partial charge is 0.251 e. The lowest BCUT2D eigenvalue weighted by molar-refractivity contribution is 0.0956. The third-order valence-electron chi connectivity index (χ3n) is 3.35. The van der Waals surface area contributed by atoms with Crippen molar-refractivity contribution < 1.29 is 4.79 Å². The molecule has 4 heteroatoms. The average molecular weight is 271 g/mol. The van der Waals surface area contributed by atoms with E-state index < -0.39 is 0 Å². The number of hydrogen-bond donors (Lipinski definition) is 2. The number of carbonyl (C=O) groups excluding carboxylic acids is 1. The van der Waals surface area contributed by atoms with Gasteiger partial charge >= 0.3 is 0 Å². The Labute approximate surface area is 119 Å². The fourth-order valence-electron chi connectivity index (χ4n) is 2.08. The lowest BCUT2D eigenvalue weighted by Crippen LogP contribution is -2.22. The van der Waals surface area contributed by atoms with Crippen LogP contribution in [0.3, 0.4) is 0 Å². The van der Waals surface area contributed by atoms with Gasteiger partial charge in [-0.25, -0.2) is 0 Å². The van der Waals surface area contributed by atoms with Crippen LogP contribution in [-0.2, 0) is 13.6 Å². The highest BCUT2D eigenvalue weighted by molar-refractivity contribution is 5.95. The minimum atomic E-state index is -0.0329. The lowest BCUT2D eigenvalue weighted by atomic mass is 10.1. The number of rotatable bonds is 5. The highest BCUT2D eigenvalue weighted by Gasteiger charge is 2.07. The van der Waals surface area contributed by atoms with Gasteiger partial charge in [-0.1, -0.05) is 6.07 Å². The zero-order chi connectivity index (χ0) is 14.5. The molecule has 2 aromatic rings. The van der Waals surface area contributed by atoms with Gasteiger partial charge in [0.15, 0.2) is 0 Å². The first-order chi connectivity index (χ1) is 9.61. The Bertz CT molecular complexity index is 602. The number of carbonyl (C=O) groups is 1. The fraction of sp³-hybridized carbons (Fsp3) is 0.312. The van der Waals surface area contributed by atoms with E-state index in [1.165, 1.54) is 5.69 Å². The Morgan fingerprint density at radius 2 is 2.10 bits per heavy atom. The summed E-state index contributed by atoms with van der Waals surface area (Å²) in [5.41, 5.74) is 4.02. The van der Waals surface area contributed by atoms with Crippen LogP contribution < -0.4 is 10.6 Å². The molecular formula is C16H21N3O. The van der Waals surface area contributed by atoms with Crippen LogP contribution in [0.2, 0.25) is 0 Å². The first kappa shape index (κ1) is 14.2. The summed E-state index contributed by atoms with van der Waals surface area (Å²) >= 11 is 0. The van der Waals surface area contributed by atoms with Crippen molar-refractivity contribution in [1.82, 2.24) is 9.88 Å². The maximum atomic E-state index is 11.9. The minimum absolute atomic E-state index is 0.0329. The third kappa shape index (κ3) is 3.20. The Kier molecular flexibility index (Phi) is 4.45. The second-order valence-corrected chi connectivity index (χ2v) is 4.85. The number of benzene rings is 1. The Morgan fingerprint density at radius 1 is 1.30 bits per heavy atom. The van der Waals surface area contributed by atoms with Gasteiger partial charge in [-0.15, -0.1) is 0 Å². The molecule has 0 aliphatic rings. The molecule has 2 N–H and O–H groups in total. The van der Waals surface area contributed by atoms with Crippen molar-refractivity contribution in [1.29, 1.82) is 0 Å². The van der Waals surface area contributed by atoms with Crippen LogP contribution in [0.4, 0.5) is 5.69 Å². The minimum Gasteiger partial charge on any atom is -0.379 e. The number of aromatic nitrogens is 1. The standard InChI is InChI=1S/C16H21N3O/c1-4-17-16(20)13-8-7-12(2)15(10-13)18-11-14-6-5-9-19(14)3/h5-10,18H,4,11H2,1-3H3,(H,17,20). The topological polar surface area (TPSA) is 46.1 Å². The Hall–Kier alpha value is -2.23. The van der Waals surface area contributed by atoms with Crippen molar-refractivity contribution in [2.24, 2.45) is 7.05 Å². The Balaban J connectivity index is 2.12. The molecule has 106 valence electrons. The van der Waals surface area contributed by atoms with E-state index in [1.54, 1.807) is 0 Å². The molecular weight excluding hydrogens is 250 g/mol. The molecule has 1 heterocycles. The summed E-state index contributed by atoms with van der Waals surface area (Å²) in [5, 5.41) is 6.21. The van der Waals surface area contributed by atoms with Crippen molar-refractivity contribution in [3.05, 3.63) is 53.3 Å². The molecule has 1 amide bonds. The predicted octanol–water partition coefficient (Wildman–Crippen LogP) is 2.70. The van der Waals surface area contributed by atoms with Gasteiger partial charge in [0.05, 0.1) is 6.54 Å². The lowest BCUT2D eigenvalue weighted by Gasteiger charge is -2.12. The summed E-state index contributed by atoms with van der Waals surface area (Å²) in [6, 6.07) is 9.83. The molecule has 1 aromatic carbocycles. The quantitative estimate of drug-likeness (QED) is 0.878. The van der Waals surface area contributed by atoms with E-state index in [0.717, 1.165) is 17.8 Å². The van der Waals surface area contributed by atoms with Gasteiger partial charge in [-0.2, -0.15) is 0 Å². The zero-order valence-corrected chi connectivity index (χ0v) is 12.2. The van der Waals surface area contributed by atoms with Crippen molar-refractivity contribution in [3.8, 4) is 0 Å². The molecule has 0 saturated heterocycles. The fourth-order valence-corrected chi connectivity index (χ4v) is 2.08. The van der Waals surface area contributed by atoms with Crippen LogP contribution in [0.25, 0.3) is 0 Å². The molecule has 0 aliphatic heterocycles. The summed E-state index contributed by atoms with van der Waals surface area (Å²) < 4.78 is 2.08. The van der Waals surface area contributed by atoms with Gasteiger partial charge < -0.3 is 15.2 Å². The number of aryl methyl sites for hydroxylation is 2. The molecule has 0 spiro atoms. The number of nitrogens with zero attached hydrogens (tertiary/aromatic N) is 1. The normalized spacial score (nSPS) is 10.3. The predicted molar refractivity (Wildman–Crippen MR) is 81.9 cm³/mol. The maximum absolute atomic E-state index is 11.9. The van der Waals surface area contributed by atoms with Crippen LogP contribution in [-0.4, -0.2) is 17.0 Å². The Morgan fingerprint density at radius 3 is 2.75 bits per heavy atom. The van der Waals surface area contributed by atoms with Gasteiger partial charge in [-0.3, -0.25) is 4.79 Å². The molecule has 2 rings (SSSR count). The van der Waals surface area contributed by atoms with Crippen LogP contribution in [0.1, 0.15) is 28.5 Å². The third-order valence-corrected chi connectivity index (χ3v) is 3.35. The molecule has 1 aromatic heterocycles. The van der Waals surface area contributed by atoms with E-state index in [1.807, 2.05) is 51.4 Å². The highest BCUT2D eigenvalue weighted by atomic mass is 16.1. The largest absolute Gasteiger partial charge is 0.379 e. The first-order valence-corrected chi connectivity index (χ1v) is 6.84. The van der Waals surface area contributed by atoms with Crippen LogP contribution in [0, 0.1) is 6.92 Å². The molecule has 0 bridgehead atoms. The van der Waals surface area contributed by atoms with Gasteiger partial charge in [0.1, 0.15) is 0 Å². The highest BCUT2D eigenvalue weighted by Crippen LogP contribution is 2.18. The monoisotopic (exact) mass is 271 g/mol. The van der Waals surface area contributed by atoms with E-state index in [-0.39, 0.29) is 5.91 Å². The second kappa shape index (κ2) is 6.28. The molecule has 0 unspecified atom stereocenters. The SMILES string of the molecule is CCNC(=O)c1ccc(C)c(NCc2cccn2C)c1. The summed E-state index contributed by atoms with van der Waals surface area (Å²) in [4.78, 5) is 11.9. The van der Waals surface area contributed by atoms with E-state index in [4.69, 9.17) is 0 Å². The van der Waals surface area contributed by atoms with Gasteiger partial charge in [0.25, 0.3) is 5.91 Å². The van der Waals surface area contributed by atoms with Crippen molar-refractivity contribution >= 4 is 11.6 Å². The molecule has 4 nitrogen and oxygen atoms in total. The summed E-state index contributed by atoms with van der Waals surface area (Å²) in [5.74, 6) is -0.0329. The van der Waals surface area contributed by atoms with Gasteiger partial charge in [0.2, 0.25) is 0 Å². The summed E-state index contributed by atoms with van der Waals surface area (Å²) in [7, 11) is 2.02. The molecule has 0 radical (unpaired) electrons. The van der Waals surface area contributed by atoms with Crippen LogP contribution >= 0.6 is 0 Å². The van der Waals surface area contributed by atoms with Gasteiger partial charge in [0, 0.05) is 36.7 Å². The number of amides is 1. The first-order valence-electron chi connectivity index (χ1n) is 6.84. The molecule has 0 atom stereocenters. The summed E-state index contributed by atoms with van der Waals surface area (Å²) in [6.45, 7) is 5.33. The number of anilines is 1. The van der Waals surface area contributed by atoms with Crippen molar-refractivity contribution in [2.75, 3.05) is 11.9 Å². The van der Waals surface area contributed by atoms with Gasteiger partial charge in [-0.05, 0) is 43.7 Å². The van der Waals surface area contributed by atoms with Crippen LogP contribution in [0.15, 0.2) is 36.5 Å². The molecule has 0 saturated carbocycles.